The minimum absolute atomic E-state index is 0.622. The summed E-state index contributed by atoms with van der Waals surface area (Å²) in [6.07, 6.45) is 0. The monoisotopic (exact) mass is 268 g/mol. The van der Waals surface area contributed by atoms with Crippen LogP contribution in [-0.2, 0) is 4.74 Å². The Morgan fingerprint density at radius 2 is 2.06 bits per heavy atom. The van der Waals surface area contributed by atoms with Gasteiger partial charge in [0.25, 0.3) is 0 Å². The maximum atomic E-state index is 6.24. The van der Waals surface area contributed by atoms with Gasteiger partial charge in [0.1, 0.15) is 11.5 Å². The Bertz CT molecular complexity index is 520. The van der Waals surface area contributed by atoms with Gasteiger partial charge in [-0.15, -0.1) is 0 Å². The molecule has 0 aliphatic carbocycles. The van der Waals surface area contributed by atoms with Crippen molar-refractivity contribution in [2.24, 2.45) is 0 Å². The highest BCUT2D eigenvalue weighted by atomic mass is 35.5. The molecule has 0 bridgehead atoms. The van der Waals surface area contributed by atoms with E-state index in [1.807, 2.05) is 26.0 Å². The number of benzene rings is 1. The third-order valence-corrected chi connectivity index (χ3v) is 3.65. The summed E-state index contributed by atoms with van der Waals surface area (Å²) in [4.78, 5) is 1.07. The molecule has 0 fully saturated rings. The average Bonchev–Trinajstić information content (AvgIpc) is 2.60. The molecule has 1 aromatic rings. The van der Waals surface area contributed by atoms with Crippen molar-refractivity contribution in [2.75, 3.05) is 7.11 Å². The predicted molar refractivity (Wildman–Crippen MR) is 73.2 cm³/mol. The second-order valence-corrected chi connectivity index (χ2v) is 5.44. The van der Waals surface area contributed by atoms with E-state index in [0.717, 1.165) is 27.5 Å². The number of aryl methyl sites for hydroxylation is 1. The van der Waals surface area contributed by atoms with Gasteiger partial charge in [-0.1, -0.05) is 23.4 Å². The van der Waals surface area contributed by atoms with Crippen LogP contribution in [0.3, 0.4) is 0 Å². The van der Waals surface area contributed by atoms with Gasteiger partial charge in [0.2, 0.25) is 0 Å². The van der Waals surface area contributed by atoms with Gasteiger partial charge in [-0.05, 0) is 38.1 Å². The largest absolute Gasteiger partial charge is 0.496 e. The summed E-state index contributed by atoms with van der Waals surface area (Å²) in [7, 11) is 1.63. The second-order valence-electron chi connectivity index (χ2n) is 3.76. The lowest BCUT2D eigenvalue weighted by Crippen LogP contribution is -1.93. The van der Waals surface area contributed by atoms with E-state index in [2.05, 4.69) is 6.58 Å². The van der Waals surface area contributed by atoms with Crippen LogP contribution in [0.25, 0.3) is 5.76 Å². The molecular weight excluding hydrogens is 256 g/mol. The lowest BCUT2D eigenvalue weighted by molar-refractivity contribution is 0.411. The van der Waals surface area contributed by atoms with Gasteiger partial charge in [0.05, 0.1) is 12.1 Å². The topological polar surface area (TPSA) is 18.5 Å². The molecule has 1 aliphatic rings. The first-order chi connectivity index (χ1) is 8.02. The smallest absolute Gasteiger partial charge is 0.158 e. The highest BCUT2D eigenvalue weighted by molar-refractivity contribution is 8.06. The molecule has 0 atom stereocenters. The number of hydrogen-bond acceptors (Lipinski definition) is 3. The summed E-state index contributed by atoms with van der Waals surface area (Å²) in [6, 6.07) is 3.78. The third-order valence-electron chi connectivity index (χ3n) is 2.53. The summed E-state index contributed by atoms with van der Waals surface area (Å²) in [5.41, 5.74) is 1.91. The van der Waals surface area contributed by atoms with Crippen LogP contribution in [0.5, 0.6) is 5.75 Å². The molecule has 17 heavy (non-hydrogen) atoms. The molecule has 1 heterocycles. The van der Waals surface area contributed by atoms with Crippen LogP contribution < -0.4 is 4.74 Å². The van der Waals surface area contributed by atoms with E-state index in [4.69, 9.17) is 21.1 Å². The summed E-state index contributed by atoms with van der Waals surface area (Å²) in [5, 5.41) is 1.30. The zero-order valence-electron chi connectivity index (χ0n) is 9.96. The van der Waals surface area contributed by atoms with Crippen LogP contribution in [0.4, 0.5) is 0 Å². The number of ether oxygens (including phenoxy) is 2. The Morgan fingerprint density at radius 3 is 2.59 bits per heavy atom. The molecule has 0 amide bonds. The van der Waals surface area contributed by atoms with Gasteiger partial charge in [-0.2, -0.15) is 0 Å². The second kappa shape index (κ2) is 4.67. The van der Waals surface area contributed by atoms with E-state index >= 15 is 0 Å². The molecule has 2 nitrogen and oxygen atoms in total. The normalized spacial score (nSPS) is 15.2. The zero-order valence-corrected chi connectivity index (χ0v) is 11.5. The van der Waals surface area contributed by atoms with Crippen molar-refractivity contribution < 1.29 is 9.47 Å². The summed E-state index contributed by atoms with van der Waals surface area (Å²) >= 11 is 7.76. The molecule has 0 saturated carbocycles. The summed E-state index contributed by atoms with van der Waals surface area (Å²) < 4.78 is 10.8. The van der Waals surface area contributed by atoms with Crippen molar-refractivity contribution in [1.29, 1.82) is 0 Å². The molecule has 0 aromatic heterocycles. The first kappa shape index (κ1) is 12.4. The van der Waals surface area contributed by atoms with Crippen molar-refractivity contribution in [3.63, 3.8) is 0 Å². The fourth-order valence-corrected chi connectivity index (χ4v) is 2.68. The van der Waals surface area contributed by atoms with Crippen molar-refractivity contribution in [3.05, 3.63) is 44.9 Å². The molecule has 2 rings (SSSR count). The Morgan fingerprint density at radius 1 is 1.35 bits per heavy atom. The highest BCUT2D eigenvalue weighted by Crippen LogP contribution is 2.44. The Balaban J connectivity index is 2.50. The number of methoxy groups -OCH3 is 1. The van der Waals surface area contributed by atoms with Crippen LogP contribution in [-0.4, -0.2) is 7.11 Å². The molecule has 0 radical (unpaired) electrons. The first-order valence-corrected chi connectivity index (χ1v) is 6.32. The van der Waals surface area contributed by atoms with Crippen molar-refractivity contribution in [1.82, 2.24) is 0 Å². The van der Waals surface area contributed by atoms with E-state index in [-0.39, 0.29) is 0 Å². The van der Waals surface area contributed by atoms with Gasteiger partial charge in [-0.3, -0.25) is 0 Å². The summed E-state index contributed by atoms with van der Waals surface area (Å²) in [5.74, 6) is 1.57. The average molecular weight is 269 g/mol. The lowest BCUT2D eigenvalue weighted by Gasteiger charge is -2.11. The number of rotatable bonds is 2. The van der Waals surface area contributed by atoms with Gasteiger partial charge >= 0.3 is 0 Å². The van der Waals surface area contributed by atoms with E-state index in [1.54, 1.807) is 7.11 Å². The number of thioether (sulfide) groups is 1. The Hall–Kier alpha value is -1.06. The molecule has 0 N–H and O–H groups in total. The lowest BCUT2D eigenvalue weighted by atomic mass is 10.1. The number of hydrogen-bond donors (Lipinski definition) is 0. The van der Waals surface area contributed by atoms with Crippen molar-refractivity contribution in [2.45, 2.75) is 13.8 Å². The minimum Gasteiger partial charge on any atom is -0.496 e. The number of halogens is 1. The van der Waals surface area contributed by atoms with Crippen LogP contribution >= 0.6 is 23.4 Å². The summed E-state index contributed by atoms with van der Waals surface area (Å²) in [6.45, 7) is 7.77. The van der Waals surface area contributed by atoms with E-state index in [9.17, 15) is 0 Å². The molecule has 1 aromatic carbocycles. The maximum absolute atomic E-state index is 6.24. The van der Waals surface area contributed by atoms with Crippen LogP contribution in [0.15, 0.2) is 28.7 Å². The maximum Gasteiger partial charge on any atom is 0.158 e. The molecule has 1 aliphatic heterocycles. The van der Waals surface area contributed by atoms with Gasteiger partial charge in [-0.25, -0.2) is 0 Å². The third kappa shape index (κ3) is 2.31. The van der Waals surface area contributed by atoms with E-state index < -0.39 is 0 Å². The van der Waals surface area contributed by atoms with E-state index in [1.165, 1.54) is 11.8 Å². The SMILES string of the molecule is C=C1OC(c2cc(C)c(OC)cc2Cl)=C(C)S1. The van der Waals surface area contributed by atoms with Gasteiger partial charge in [0, 0.05) is 10.5 Å². The minimum atomic E-state index is 0.622. The van der Waals surface area contributed by atoms with Crippen LogP contribution in [0.1, 0.15) is 18.1 Å². The first-order valence-electron chi connectivity index (χ1n) is 5.13. The molecule has 90 valence electrons. The fraction of sp³-hybridized carbons (Fsp3) is 0.231. The molecule has 0 spiro atoms. The fourth-order valence-electron chi connectivity index (χ4n) is 1.73. The van der Waals surface area contributed by atoms with Crippen molar-refractivity contribution >= 4 is 29.1 Å². The Labute approximate surface area is 110 Å². The standard InChI is InChI=1S/C13H13ClO2S/c1-7-5-10(11(14)6-12(7)15-4)13-8(2)17-9(3)16-13/h5-6H,3H2,1-2,4H3. The van der Waals surface area contributed by atoms with Crippen molar-refractivity contribution in [3.8, 4) is 5.75 Å². The highest BCUT2D eigenvalue weighted by Gasteiger charge is 2.21. The molecule has 0 unspecified atom stereocenters. The van der Waals surface area contributed by atoms with Gasteiger partial charge < -0.3 is 9.47 Å². The number of allylic oxidation sites excluding steroid dienone is 1. The Kier molecular flexibility index (Phi) is 3.40. The molecular formula is C13H13ClO2S. The predicted octanol–water partition coefficient (Wildman–Crippen LogP) is 4.58. The zero-order chi connectivity index (χ0) is 12.6. The quantitative estimate of drug-likeness (QED) is 0.782. The van der Waals surface area contributed by atoms with E-state index in [0.29, 0.717) is 10.1 Å². The molecule has 0 saturated heterocycles. The van der Waals surface area contributed by atoms with Crippen LogP contribution in [0.2, 0.25) is 5.02 Å². The molecule has 4 heteroatoms. The van der Waals surface area contributed by atoms with Crippen LogP contribution in [0, 0.1) is 6.92 Å². The van der Waals surface area contributed by atoms with Gasteiger partial charge in [0.15, 0.2) is 5.09 Å².